The summed E-state index contributed by atoms with van der Waals surface area (Å²) in [5.74, 6) is -0.290. The topological polar surface area (TPSA) is 122 Å². The van der Waals surface area contributed by atoms with Crippen LogP contribution in [0.5, 0.6) is 0 Å². The summed E-state index contributed by atoms with van der Waals surface area (Å²) >= 11 is 0. The molecular formula is C47H50N10O. The third-order valence-electron chi connectivity index (χ3n) is 11.2. The lowest BCUT2D eigenvalue weighted by Gasteiger charge is -2.42. The minimum absolute atomic E-state index is 0.183. The summed E-state index contributed by atoms with van der Waals surface area (Å²) in [5, 5.41) is 29.8. The Bertz CT molecular complexity index is 2820. The van der Waals surface area contributed by atoms with E-state index in [0.717, 1.165) is 67.0 Å². The third-order valence-corrected chi connectivity index (χ3v) is 11.2. The standard InChI is InChI=1S/C47H50N10O/c1-51-29(24-48)40-43(36-25-16-14-18-30(52(2)3)34(25)45(56(10)11)41-32(54(6)7)22-20-27(49)38(36)41)47(58)44(40)37-26-17-15-19-31(53(4)5)35(26)46(57(12)13)42-33(55(8)9)23-21-28(50)39(37)42/h14-23H,49-50H2,2-13H3. The number of nitrogens with zero attached hydrogens (tertiary/aromatic N) is 8. The van der Waals surface area contributed by atoms with Gasteiger partial charge in [-0.15, -0.1) is 0 Å². The molecule has 58 heavy (non-hydrogen) atoms. The second-order valence-electron chi connectivity index (χ2n) is 16.1. The highest BCUT2D eigenvalue weighted by Crippen LogP contribution is 2.58. The van der Waals surface area contributed by atoms with Gasteiger partial charge in [-0.1, -0.05) is 30.0 Å². The van der Waals surface area contributed by atoms with Crippen molar-refractivity contribution < 1.29 is 9.68 Å². The van der Waals surface area contributed by atoms with Crippen LogP contribution in [0, 0.1) is 17.9 Å². The van der Waals surface area contributed by atoms with Crippen LogP contribution in [-0.2, 0) is 0 Å². The Kier molecular flexibility index (Phi) is 9.53. The number of allylic oxidation sites excluding steroid dienone is 3. The van der Waals surface area contributed by atoms with E-state index in [1.54, 1.807) is 0 Å². The van der Waals surface area contributed by atoms with Crippen molar-refractivity contribution in [2.75, 3.05) is 121 Å². The molecule has 11 heteroatoms. The van der Waals surface area contributed by atoms with Gasteiger partial charge in [0.05, 0.1) is 40.8 Å². The van der Waals surface area contributed by atoms with E-state index in [4.69, 9.17) is 18.0 Å². The first-order chi connectivity index (χ1) is 27.5. The van der Waals surface area contributed by atoms with Crippen molar-refractivity contribution in [1.82, 2.24) is 0 Å². The summed E-state index contributed by atoms with van der Waals surface area (Å²) in [4.78, 5) is 14.1. The van der Waals surface area contributed by atoms with Crippen molar-refractivity contribution in [3.63, 3.8) is 0 Å². The van der Waals surface area contributed by atoms with Gasteiger partial charge in [0.1, 0.15) is 14.1 Å². The molecule has 7 rings (SSSR count). The van der Waals surface area contributed by atoms with E-state index < -0.39 is 0 Å². The number of hydrogen-bond donors (Lipinski definition) is 2. The van der Waals surface area contributed by atoms with Gasteiger partial charge in [-0.05, 0) is 69.6 Å². The Morgan fingerprint density at radius 1 is 0.621 bits per heavy atom. The molecule has 2 aliphatic rings. The van der Waals surface area contributed by atoms with Crippen molar-refractivity contribution in [2.45, 2.75) is 0 Å². The second-order valence-corrected chi connectivity index (χ2v) is 16.1. The predicted molar refractivity (Wildman–Crippen MR) is 242 cm³/mol. The molecule has 11 nitrogen and oxygen atoms in total. The summed E-state index contributed by atoms with van der Waals surface area (Å²) < 4.78 is 2.09. The molecule has 0 saturated carbocycles. The van der Waals surface area contributed by atoms with E-state index in [-0.39, 0.29) is 28.2 Å². The molecule has 0 aliphatic heterocycles. The Balaban J connectivity index is 1.80. The zero-order valence-corrected chi connectivity index (χ0v) is 35.4. The van der Waals surface area contributed by atoms with Crippen LogP contribution in [-0.4, -0.2) is 94.9 Å². The van der Waals surface area contributed by atoms with E-state index in [1.165, 1.54) is 0 Å². The summed E-state index contributed by atoms with van der Waals surface area (Å²) in [6.45, 7) is 8.39. The molecule has 0 radical (unpaired) electrons. The first kappa shape index (κ1) is 39.1. The lowest BCUT2D eigenvalue weighted by atomic mass is 9.68. The van der Waals surface area contributed by atoms with Gasteiger partial charge in [0.15, 0.2) is 0 Å². The first-order valence-corrected chi connectivity index (χ1v) is 19.0. The SMILES string of the molecule is [C-]#[N+]/C(C#N)=C1C(c2c3cccc(N(C)C)c3c(N(C)C)c3c(N(C)C)ccc(N)c23)=C([O-])C/1=C1\c2cccc(N(C)C)c2C(=[N+](C)C)c2c(N(C)C)ccc(N)c21. The Morgan fingerprint density at radius 2 is 1.17 bits per heavy atom. The molecule has 5 aromatic carbocycles. The van der Waals surface area contributed by atoms with Crippen molar-refractivity contribution in [2.24, 2.45) is 0 Å². The van der Waals surface area contributed by atoms with Gasteiger partial charge >= 0.3 is 0 Å². The number of fused-ring (bicyclic) bond motifs is 4. The highest BCUT2D eigenvalue weighted by molar-refractivity contribution is 6.31. The second kappa shape index (κ2) is 14.1. The summed E-state index contributed by atoms with van der Waals surface area (Å²) in [6, 6.07) is 22.0. The number of benzene rings is 5. The molecule has 0 spiro atoms. The van der Waals surface area contributed by atoms with E-state index in [2.05, 4.69) is 42.3 Å². The van der Waals surface area contributed by atoms with Crippen molar-refractivity contribution >= 4 is 78.2 Å². The average molecular weight is 771 g/mol. The van der Waals surface area contributed by atoms with Crippen LogP contribution < -0.4 is 41.1 Å². The number of rotatable bonds is 6. The highest BCUT2D eigenvalue weighted by Gasteiger charge is 2.42. The molecule has 294 valence electrons. The monoisotopic (exact) mass is 770 g/mol. The van der Waals surface area contributed by atoms with Crippen LogP contribution >= 0.6 is 0 Å². The zero-order chi connectivity index (χ0) is 42.2. The van der Waals surface area contributed by atoms with E-state index >= 15 is 5.11 Å². The number of anilines is 7. The quantitative estimate of drug-likeness (QED) is 0.0671. The largest absolute Gasteiger partial charge is 0.872 e. The minimum Gasteiger partial charge on any atom is -0.872 e. The molecule has 0 amide bonds. The fraction of sp³-hybridized carbons (Fsp3) is 0.255. The van der Waals surface area contributed by atoms with Gasteiger partial charge in [-0.2, -0.15) is 0 Å². The van der Waals surface area contributed by atoms with E-state index in [9.17, 15) is 5.26 Å². The van der Waals surface area contributed by atoms with Crippen LogP contribution in [0.3, 0.4) is 0 Å². The van der Waals surface area contributed by atoms with Crippen LogP contribution in [0.2, 0.25) is 0 Å². The van der Waals surface area contributed by atoms with Gasteiger partial charge in [0, 0.05) is 121 Å². The number of nitriles is 1. The molecule has 0 unspecified atom stereocenters. The summed E-state index contributed by atoms with van der Waals surface area (Å²) in [7, 11) is 24.0. The maximum absolute atomic E-state index is 15.8. The average Bonchev–Trinajstić information content (AvgIpc) is 3.16. The normalized spacial score (nSPS) is 15.3. The lowest BCUT2D eigenvalue weighted by Crippen LogP contribution is -2.32. The molecule has 4 N–H and O–H groups in total. The van der Waals surface area contributed by atoms with Crippen LogP contribution in [0.1, 0.15) is 27.8 Å². The van der Waals surface area contributed by atoms with E-state index in [1.807, 2.05) is 143 Å². The highest BCUT2D eigenvalue weighted by atomic mass is 16.3. The summed E-state index contributed by atoms with van der Waals surface area (Å²) in [6.07, 6.45) is 0. The van der Waals surface area contributed by atoms with Crippen molar-refractivity contribution in [3.05, 3.63) is 123 Å². The van der Waals surface area contributed by atoms with Crippen LogP contribution in [0.4, 0.5) is 39.8 Å². The Labute approximate surface area is 341 Å². The van der Waals surface area contributed by atoms with E-state index in [0.29, 0.717) is 33.5 Å². The van der Waals surface area contributed by atoms with Crippen LogP contribution in [0.15, 0.2) is 83.3 Å². The van der Waals surface area contributed by atoms with Gasteiger partial charge in [-0.25, -0.2) is 14.7 Å². The van der Waals surface area contributed by atoms with Gasteiger partial charge in [-0.3, -0.25) is 0 Å². The molecule has 5 aromatic rings. The fourth-order valence-corrected chi connectivity index (χ4v) is 8.92. The number of nitrogens with two attached hydrogens (primary N) is 2. The summed E-state index contributed by atoms with van der Waals surface area (Å²) in [5.41, 5.74) is 25.7. The van der Waals surface area contributed by atoms with Gasteiger partial charge < -0.3 is 41.1 Å². The maximum Gasteiger partial charge on any atom is 0.270 e. The Morgan fingerprint density at radius 3 is 1.74 bits per heavy atom. The number of hydrogen-bond acceptors (Lipinski definition) is 9. The molecule has 0 heterocycles. The smallest absolute Gasteiger partial charge is 0.270 e. The molecule has 2 aliphatic carbocycles. The third kappa shape index (κ3) is 5.49. The van der Waals surface area contributed by atoms with Crippen molar-refractivity contribution in [1.29, 1.82) is 5.26 Å². The van der Waals surface area contributed by atoms with Gasteiger partial charge in [0.2, 0.25) is 5.71 Å². The minimum atomic E-state index is -0.290. The fourth-order valence-electron chi connectivity index (χ4n) is 8.92. The molecule has 0 fully saturated rings. The number of nitrogen functional groups attached to an aromatic ring is 2. The van der Waals surface area contributed by atoms with Crippen molar-refractivity contribution in [3.8, 4) is 6.07 Å². The molecular weight excluding hydrogens is 721 g/mol. The molecule has 0 saturated heterocycles. The lowest BCUT2D eigenvalue weighted by molar-refractivity contribution is -0.463. The zero-order valence-electron chi connectivity index (χ0n) is 35.4. The molecule has 0 bridgehead atoms. The first-order valence-electron chi connectivity index (χ1n) is 19.0. The molecule has 0 atom stereocenters. The van der Waals surface area contributed by atoms with Crippen LogP contribution in [0.25, 0.3) is 37.5 Å². The van der Waals surface area contributed by atoms with Gasteiger partial charge in [0.25, 0.3) is 5.70 Å². The Hall–Kier alpha value is -7.11. The molecule has 0 aromatic heterocycles. The maximum atomic E-state index is 15.8. The predicted octanol–water partition coefficient (Wildman–Crippen LogP) is 6.19.